The van der Waals surface area contributed by atoms with Crippen molar-refractivity contribution < 1.29 is 9.53 Å². The number of nitrogens with zero attached hydrogens (tertiary/aromatic N) is 3. The molecule has 3 aromatic rings. The van der Waals surface area contributed by atoms with Gasteiger partial charge < -0.3 is 26.0 Å². The highest BCUT2D eigenvalue weighted by atomic mass is 16.5. The van der Waals surface area contributed by atoms with Crippen LogP contribution in [0.5, 0.6) is 11.5 Å². The molecule has 0 saturated heterocycles. The highest BCUT2D eigenvalue weighted by Crippen LogP contribution is 2.34. The SMILES string of the molecule is CN(C)C/C=C/C(=O)NC1CCCC(Nc2ncnc(N)c2-c2ccc(Oc3ccccc3)cc2)C1. The Labute approximate surface area is 212 Å². The molecule has 8 nitrogen and oxygen atoms in total. The van der Waals surface area contributed by atoms with Gasteiger partial charge in [0.05, 0.1) is 5.56 Å². The van der Waals surface area contributed by atoms with Crippen LogP contribution in [0.15, 0.2) is 73.1 Å². The number of likely N-dealkylation sites (N-methyl/N-ethyl adjacent to an activating group) is 1. The predicted octanol–water partition coefficient (Wildman–Crippen LogP) is 4.48. The molecule has 1 aromatic heterocycles. The Morgan fingerprint density at radius 1 is 1.06 bits per heavy atom. The Morgan fingerprint density at radius 2 is 1.78 bits per heavy atom. The highest BCUT2D eigenvalue weighted by molar-refractivity contribution is 5.87. The molecular weight excluding hydrogens is 452 g/mol. The van der Waals surface area contributed by atoms with Gasteiger partial charge in [-0.2, -0.15) is 0 Å². The number of rotatable bonds is 9. The maximum absolute atomic E-state index is 12.3. The highest BCUT2D eigenvalue weighted by Gasteiger charge is 2.24. The third-order valence-corrected chi connectivity index (χ3v) is 6.10. The van der Waals surface area contributed by atoms with E-state index in [-0.39, 0.29) is 18.0 Å². The number of benzene rings is 2. The molecule has 188 valence electrons. The van der Waals surface area contributed by atoms with E-state index in [0.29, 0.717) is 11.6 Å². The lowest BCUT2D eigenvalue weighted by molar-refractivity contribution is -0.117. The molecule has 1 aliphatic carbocycles. The molecule has 2 atom stereocenters. The first-order valence-corrected chi connectivity index (χ1v) is 12.3. The zero-order valence-corrected chi connectivity index (χ0v) is 20.9. The Bertz CT molecular complexity index is 1160. The quantitative estimate of drug-likeness (QED) is 0.383. The fourth-order valence-electron chi connectivity index (χ4n) is 4.37. The van der Waals surface area contributed by atoms with Gasteiger partial charge in [0.15, 0.2) is 0 Å². The zero-order valence-electron chi connectivity index (χ0n) is 20.9. The minimum absolute atomic E-state index is 0.0488. The van der Waals surface area contributed by atoms with Crippen LogP contribution in [0, 0.1) is 0 Å². The zero-order chi connectivity index (χ0) is 25.3. The van der Waals surface area contributed by atoms with Crippen LogP contribution in [0.1, 0.15) is 25.7 Å². The Morgan fingerprint density at radius 3 is 2.53 bits per heavy atom. The van der Waals surface area contributed by atoms with Crippen LogP contribution < -0.4 is 21.1 Å². The molecule has 0 spiro atoms. The maximum atomic E-state index is 12.3. The van der Waals surface area contributed by atoms with Gasteiger partial charge in [-0.1, -0.05) is 36.4 Å². The average molecular weight is 487 g/mol. The average Bonchev–Trinajstić information content (AvgIpc) is 2.86. The van der Waals surface area contributed by atoms with Crippen LogP contribution in [-0.2, 0) is 4.79 Å². The van der Waals surface area contributed by atoms with Gasteiger partial charge in [-0.15, -0.1) is 0 Å². The molecule has 4 N–H and O–H groups in total. The molecule has 36 heavy (non-hydrogen) atoms. The summed E-state index contributed by atoms with van der Waals surface area (Å²) in [6, 6.07) is 17.7. The van der Waals surface area contributed by atoms with Gasteiger partial charge in [-0.3, -0.25) is 4.79 Å². The number of aromatic nitrogens is 2. The van der Waals surface area contributed by atoms with Crippen molar-refractivity contribution in [2.24, 2.45) is 0 Å². The fraction of sp³-hybridized carbons (Fsp3) is 0.321. The number of ether oxygens (including phenoxy) is 1. The van der Waals surface area contributed by atoms with Crippen LogP contribution in [-0.4, -0.2) is 53.5 Å². The standard InChI is InChI=1S/C28H34N6O2/c1-34(2)17-7-12-25(35)32-21-8-6-9-22(18-21)33-28-26(27(29)30-19-31-28)20-13-15-24(16-14-20)36-23-10-4-3-5-11-23/h3-5,7,10-16,19,21-22H,6,8-9,17-18H2,1-2H3,(H,32,35)(H3,29,30,31,33)/b12-7+. The minimum Gasteiger partial charge on any atom is -0.457 e. The summed E-state index contributed by atoms with van der Waals surface area (Å²) in [4.78, 5) is 23.0. The molecule has 4 rings (SSSR count). The molecule has 1 amide bonds. The lowest BCUT2D eigenvalue weighted by Gasteiger charge is -2.31. The van der Waals surface area contributed by atoms with Crippen molar-refractivity contribution in [3.63, 3.8) is 0 Å². The first-order chi connectivity index (χ1) is 17.5. The Hall–Kier alpha value is -3.91. The summed E-state index contributed by atoms with van der Waals surface area (Å²) in [5.41, 5.74) is 7.96. The topological polar surface area (TPSA) is 105 Å². The smallest absolute Gasteiger partial charge is 0.243 e. The third kappa shape index (κ3) is 7.05. The molecule has 0 bridgehead atoms. The minimum atomic E-state index is -0.0488. The van der Waals surface area contributed by atoms with E-state index in [1.807, 2.05) is 79.7 Å². The van der Waals surface area contributed by atoms with Crippen molar-refractivity contribution in [2.75, 3.05) is 31.7 Å². The summed E-state index contributed by atoms with van der Waals surface area (Å²) in [7, 11) is 3.95. The van der Waals surface area contributed by atoms with Crippen molar-refractivity contribution in [3.8, 4) is 22.6 Å². The largest absolute Gasteiger partial charge is 0.457 e. The van der Waals surface area contributed by atoms with Gasteiger partial charge in [0.1, 0.15) is 29.5 Å². The Balaban J connectivity index is 1.42. The molecule has 2 unspecified atom stereocenters. The van der Waals surface area contributed by atoms with E-state index in [1.54, 1.807) is 6.08 Å². The lowest BCUT2D eigenvalue weighted by atomic mass is 9.90. The van der Waals surface area contributed by atoms with E-state index in [4.69, 9.17) is 10.5 Å². The monoisotopic (exact) mass is 486 g/mol. The van der Waals surface area contributed by atoms with Crippen molar-refractivity contribution >= 4 is 17.5 Å². The molecule has 1 heterocycles. The van der Waals surface area contributed by atoms with Crippen LogP contribution in [0.2, 0.25) is 0 Å². The normalized spacial score (nSPS) is 17.8. The number of amides is 1. The summed E-state index contributed by atoms with van der Waals surface area (Å²) in [5, 5.41) is 6.70. The van der Waals surface area contributed by atoms with Crippen molar-refractivity contribution in [1.82, 2.24) is 20.2 Å². The number of anilines is 2. The van der Waals surface area contributed by atoms with Crippen LogP contribution in [0.3, 0.4) is 0 Å². The van der Waals surface area contributed by atoms with Gasteiger partial charge in [-0.05, 0) is 69.6 Å². The number of nitrogens with two attached hydrogens (primary N) is 1. The van der Waals surface area contributed by atoms with Gasteiger partial charge in [-0.25, -0.2) is 9.97 Å². The maximum Gasteiger partial charge on any atom is 0.243 e. The molecule has 2 aromatic carbocycles. The van der Waals surface area contributed by atoms with E-state index < -0.39 is 0 Å². The van der Waals surface area contributed by atoms with E-state index in [0.717, 1.165) is 54.9 Å². The van der Waals surface area contributed by atoms with Gasteiger partial charge in [0.2, 0.25) is 5.91 Å². The summed E-state index contributed by atoms with van der Waals surface area (Å²) in [6.07, 6.45) is 8.77. The number of carbonyl (C=O) groups excluding carboxylic acids is 1. The van der Waals surface area contributed by atoms with E-state index >= 15 is 0 Å². The molecule has 8 heteroatoms. The molecule has 1 fully saturated rings. The van der Waals surface area contributed by atoms with E-state index in [9.17, 15) is 4.79 Å². The second-order valence-electron chi connectivity index (χ2n) is 9.30. The number of nitrogens with one attached hydrogen (secondary N) is 2. The fourth-order valence-corrected chi connectivity index (χ4v) is 4.37. The third-order valence-electron chi connectivity index (χ3n) is 6.10. The number of nitrogen functional groups attached to an aromatic ring is 1. The second-order valence-corrected chi connectivity index (χ2v) is 9.30. The number of carbonyl (C=O) groups is 1. The van der Waals surface area contributed by atoms with Crippen LogP contribution >= 0.6 is 0 Å². The Kier molecular flexibility index (Phi) is 8.52. The summed E-state index contributed by atoms with van der Waals surface area (Å²) >= 11 is 0. The van der Waals surface area contributed by atoms with Crippen molar-refractivity contribution in [2.45, 2.75) is 37.8 Å². The van der Waals surface area contributed by atoms with Crippen LogP contribution in [0.4, 0.5) is 11.6 Å². The van der Waals surface area contributed by atoms with Gasteiger partial charge in [0, 0.05) is 24.7 Å². The number of para-hydroxylation sites is 1. The summed E-state index contributed by atoms with van der Waals surface area (Å²) in [5.74, 6) is 2.58. The lowest BCUT2D eigenvalue weighted by Crippen LogP contribution is -2.41. The van der Waals surface area contributed by atoms with Crippen molar-refractivity contribution in [3.05, 3.63) is 73.1 Å². The van der Waals surface area contributed by atoms with E-state index in [2.05, 4.69) is 20.6 Å². The predicted molar refractivity (Wildman–Crippen MR) is 144 cm³/mol. The van der Waals surface area contributed by atoms with Gasteiger partial charge >= 0.3 is 0 Å². The van der Waals surface area contributed by atoms with Gasteiger partial charge in [0.25, 0.3) is 0 Å². The molecule has 1 saturated carbocycles. The summed E-state index contributed by atoms with van der Waals surface area (Å²) in [6.45, 7) is 0.736. The molecular formula is C28H34N6O2. The second kappa shape index (κ2) is 12.2. The van der Waals surface area contributed by atoms with Crippen LogP contribution in [0.25, 0.3) is 11.1 Å². The molecule has 0 aliphatic heterocycles. The first kappa shape index (κ1) is 25.2. The molecule has 0 radical (unpaired) electrons. The van der Waals surface area contributed by atoms with E-state index in [1.165, 1.54) is 6.33 Å². The molecule has 1 aliphatic rings. The first-order valence-electron chi connectivity index (χ1n) is 12.3. The number of hydrogen-bond donors (Lipinski definition) is 3. The summed E-state index contributed by atoms with van der Waals surface area (Å²) < 4.78 is 5.91. The number of hydrogen-bond acceptors (Lipinski definition) is 7. The van der Waals surface area contributed by atoms with Crippen molar-refractivity contribution in [1.29, 1.82) is 0 Å².